The van der Waals surface area contributed by atoms with Gasteiger partial charge in [-0.05, 0) is 55.5 Å². The monoisotopic (exact) mass is 345 g/mol. The molecule has 2 heterocycles. The molecule has 0 amide bonds. The number of nitrogens with zero attached hydrogens (tertiary/aromatic N) is 3. The summed E-state index contributed by atoms with van der Waals surface area (Å²) in [6.45, 7) is 5.62. The molecule has 0 unspecified atom stereocenters. The number of hydrogen-bond acceptors (Lipinski definition) is 3. The third-order valence-corrected chi connectivity index (χ3v) is 4.69. The molecule has 0 spiro atoms. The minimum atomic E-state index is 0.801. The lowest BCUT2D eigenvalue weighted by Crippen LogP contribution is -2.36. The summed E-state index contributed by atoms with van der Waals surface area (Å²) in [4.78, 5) is 7.02. The lowest BCUT2D eigenvalue weighted by molar-refractivity contribution is 0.122. The molecule has 1 aliphatic rings. The van der Waals surface area contributed by atoms with Gasteiger partial charge >= 0.3 is 0 Å². The molecular formula is C22H23N3O. The van der Waals surface area contributed by atoms with Gasteiger partial charge in [0.05, 0.1) is 30.8 Å². The van der Waals surface area contributed by atoms with Crippen LogP contribution in [0.1, 0.15) is 11.4 Å². The van der Waals surface area contributed by atoms with Crippen molar-refractivity contribution >= 4 is 17.6 Å². The molecule has 0 saturated carbocycles. The maximum absolute atomic E-state index is 5.41. The van der Waals surface area contributed by atoms with Crippen molar-refractivity contribution in [1.82, 2.24) is 4.57 Å². The Morgan fingerprint density at radius 2 is 1.58 bits per heavy atom. The molecule has 1 aromatic heterocycles. The van der Waals surface area contributed by atoms with E-state index in [1.165, 1.54) is 11.4 Å². The summed E-state index contributed by atoms with van der Waals surface area (Å²) in [6.07, 6.45) is 1.93. The van der Waals surface area contributed by atoms with Crippen molar-refractivity contribution in [2.75, 3.05) is 31.2 Å². The van der Waals surface area contributed by atoms with Crippen LogP contribution in [0.5, 0.6) is 0 Å². The van der Waals surface area contributed by atoms with E-state index in [0.29, 0.717) is 0 Å². The first-order valence-corrected chi connectivity index (χ1v) is 9.02. The van der Waals surface area contributed by atoms with Gasteiger partial charge in [0.25, 0.3) is 0 Å². The molecule has 4 nitrogen and oxygen atoms in total. The van der Waals surface area contributed by atoms with Crippen LogP contribution in [0.4, 0.5) is 11.4 Å². The van der Waals surface area contributed by atoms with Gasteiger partial charge in [0.1, 0.15) is 0 Å². The van der Waals surface area contributed by atoms with E-state index in [4.69, 9.17) is 4.74 Å². The van der Waals surface area contributed by atoms with Gasteiger partial charge in [-0.15, -0.1) is 0 Å². The van der Waals surface area contributed by atoms with E-state index in [1.54, 1.807) is 0 Å². The molecule has 0 radical (unpaired) electrons. The number of rotatable bonds is 4. The fourth-order valence-electron chi connectivity index (χ4n) is 3.30. The van der Waals surface area contributed by atoms with Crippen molar-refractivity contribution in [1.29, 1.82) is 0 Å². The Kier molecular flexibility index (Phi) is 4.84. The highest BCUT2D eigenvalue weighted by Crippen LogP contribution is 2.21. The van der Waals surface area contributed by atoms with Crippen molar-refractivity contribution in [2.24, 2.45) is 4.99 Å². The van der Waals surface area contributed by atoms with E-state index < -0.39 is 0 Å². The summed E-state index contributed by atoms with van der Waals surface area (Å²) in [5.74, 6) is 0. The smallest absolute Gasteiger partial charge is 0.0642 e. The fourth-order valence-corrected chi connectivity index (χ4v) is 3.30. The summed E-state index contributed by atoms with van der Waals surface area (Å²) in [7, 11) is 0. The molecular weight excluding hydrogens is 322 g/mol. The van der Waals surface area contributed by atoms with Crippen molar-refractivity contribution in [3.8, 4) is 5.69 Å². The molecule has 4 heteroatoms. The Hall–Kier alpha value is -2.85. The summed E-state index contributed by atoms with van der Waals surface area (Å²) < 4.78 is 7.63. The predicted molar refractivity (Wildman–Crippen MR) is 107 cm³/mol. The number of morpholine rings is 1. The fraction of sp³-hybridized carbons (Fsp3) is 0.227. The SMILES string of the molecule is Cc1ccc(C=Nc2ccc(N3CCOCC3)cc2)n1-c1ccccc1. The number of anilines is 1. The third kappa shape index (κ3) is 3.55. The Labute approximate surface area is 154 Å². The van der Waals surface area contributed by atoms with Gasteiger partial charge in [-0.3, -0.25) is 4.99 Å². The van der Waals surface area contributed by atoms with Crippen LogP contribution in [0, 0.1) is 6.92 Å². The van der Waals surface area contributed by atoms with Crippen LogP contribution >= 0.6 is 0 Å². The van der Waals surface area contributed by atoms with Gasteiger partial charge in [0.2, 0.25) is 0 Å². The molecule has 0 aliphatic carbocycles. The van der Waals surface area contributed by atoms with Crippen LogP contribution in [0.25, 0.3) is 5.69 Å². The van der Waals surface area contributed by atoms with E-state index in [1.807, 2.05) is 12.3 Å². The van der Waals surface area contributed by atoms with Crippen LogP contribution < -0.4 is 4.90 Å². The maximum Gasteiger partial charge on any atom is 0.0642 e. The van der Waals surface area contributed by atoms with E-state index in [-0.39, 0.29) is 0 Å². The van der Waals surface area contributed by atoms with E-state index in [9.17, 15) is 0 Å². The zero-order valence-corrected chi connectivity index (χ0v) is 15.0. The number of hydrogen-bond donors (Lipinski definition) is 0. The molecule has 2 aromatic carbocycles. The molecule has 3 aromatic rings. The van der Waals surface area contributed by atoms with E-state index in [2.05, 4.69) is 82.0 Å². The Morgan fingerprint density at radius 3 is 2.31 bits per heavy atom. The van der Waals surface area contributed by atoms with Crippen molar-refractivity contribution < 1.29 is 4.74 Å². The number of aliphatic imine (C=N–C) groups is 1. The number of benzene rings is 2. The topological polar surface area (TPSA) is 29.8 Å². The van der Waals surface area contributed by atoms with Crippen molar-refractivity contribution in [2.45, 2.75) is 6.92 Å². The van der Waals surface area contributed by atoms with Gasteiger partial charge in [0, 0.05) is 30.2 Å². The van der Waals surface area contributed by atoms with E-state index in [0.717, 1.165) is 43.4 Å². The molecule has 1 saturated heterocycles. The molecule has 1 aliphatic heterocycles. The molecule has 0 bridgehead atoms. The van der Waals surface area contributed by atoms with Gasteiger partial charge < -0.3 is 14.2 Å². The quantitative estimate of drug-likeness (QED) is 0.657. The second kappa shape index (κ2) is 7.58. The second-order valence-electron chi connectivity index (χ2n) is 6.44. The Balaban J connectivity index is 1.54. The van der Waals surface area contributed by atoms with Crippen LogP contribution in [0.15, 0.2) is 71.7 Å². The maximum atomic E-state index is 5.41. The highest BCUT2D eigenvalue weighted by atomic mass is 16.5. The first-order chi connectivity index (χ1) is 12.8. The Bertz CT molecular complexity index is 876. The highest BCUT2D eigenvalue weighted by molar-refractivity contribution is 5.81. The molecule has 0 atom stereocenters. The second-order valence-corrected chi connectivity index (χ2v) is 6.44. The largest absolute Gasteiger partial charge is 0.378 e. The average Bonchev–Trinajstić information content (AvgIpc) is 3.08. The summed E-state index contributed by atoms with van der Waals surface area (Å²) >= 11 is 0. The van der Waals surface area contributed by atoms with Gasteiger partial charge in [-0.25, -0.2) is 0 Å². The summed E-state index contributed by atoms with van der Waals surface area (Å²) in [5, 5.41) is 0. The molecule has 132 valence electrons. The number of para-hydroxylation sites is 1. The first-order valence-electron chi connectivity index (χ1n) is 9.02. The lowest BCUT2D eigenvalue weighted by atomic mass is 10.2. The van der Waals surface area contributed by atoms with Gasteiger partial charge in [0.15, 0.2) is 0 Å². The minimum Gasteiger partial charge on any atom is -0.378 e. The van der Waals surface area contributed by atoms with Crippen LogP contribution in [0.3, 0.4) is 0 Å². The first kappa shape index (κ1) is 16.6. The molecule has 1 fully saturated rings. The number of aromatic nitrogens is 1. The third-order valence-electron chi connectivity index (χ3n) is 4.69. The summed E-state index contributed by atoms with van der Waals surface area (Å²) in [6, 6.07) is 23.0. The minimum absolute atomic E-state index is 0.801. The molecule has 0 N–H and O–H groups in total. The predicted octanol–water partition coefficient (Wildman–Crippen LogP) is 4.37. The van der Waals surface area contributed by atoms with E-state index >= 15 is 0 Å². The van der Waals surface area contributed by atoms with Crippen LogP contribution in [-0.4, -0.2) is 37.1 Å². The van der Waals surface area contributed by atoms with Gasteiger partial charge in [-0.2, -0.15) is 0 Å². The molecule has 4 rings (SSSR count). The average molecular weight is 345 g/mol. The lowest BCUT2D eigenvalue weighted by Gasteiger charge is -2.28. The zero-order valence-electron chi connectivity index (χ0n) is 15.0. The van der Waals surface area contributed by atoms with Crippen LogP contribution in [-0.2, 0) is 4.74 Å². The normalized spacial score (nSPS) is 14.9. The van der Waals surface area contributed by atoms with Crippen molar-refractivity contribution in [3.63, 3.8) is 0 Å². The highest BCUT2D eigenvalue weighted by Gasteiger charge is 2.10. The van der Waals surface area contributed by atoms with Gasteiger partial charge in [-0.1, -0.05) is 18.2 Å². The van der Waals surface area contributed by atoms with Crippen LogP contribution in [0.2, 0.25) is 0 Å². The number of aryl methyl sites for hydroxylation is 1. The molecule has 26 heavy (non-hydrogen) atoms. The number of ether oxygens (including phenoxy) is 1. The Morgan fingerprint density at radius 1 is 0.846 bits per heavy atom. The zero-order chi connectivity index (χ0) is 17.8. The standard InChI is InChI=1S/C22H23N3O/c1-18-7-10-22(25(18)21-5-3-2-4-6-21)17-23-19-8-11-20(12-9-19)24-13-15-26-16-14-24/h2-12,17H,13-16H2,1H3. The van der Waals surface area contributed by atoms with Crippen molar-refractivity contribution in [3.05, 3.63) is 78.1 Å². The summed E-state index contributed by atoms with van der Waals surface area (Å²) in [5.41, 5.74) is 5.61.